The van der Waals surface area contributed by atoms with Gasteiger partial charge in [-0.05, 0) is 40.7 Å². The zero-order chi connectivity index (χ0) is 22.9. The Morgan fingerprint density at radius 2 is 1.15 bits per heavy atom. The lowest BCUT2D eigenvalue weighted by Crippen LogP contribution is -2.08. The van der Waals surface area contributed by atoms with Gasteiger partial charge in [-0.25, -0.2) is 0 Å². The highest BCUT2D eigenvalue weighted by molar-refractivity contribution is 5.77. The molecule has 0 radical (unpaired) electrons. The summed E-state index contributed by atoms with van der Waals surface area (Å²) >= 11 is 0. The molecule has 0 atom stereocenters. The second-order valence-electron chi connectivity index (χ2n) is 7.95. The van der Waals surface area contributed by atoms with Crippen LogP contribution in [0, 0.1) is 0 Å². The molecule has 0 unspecified atom stereocenters. The van der Waals surface area contributed by atoms with Crippen molar-refractivity contribution in [3.8, 4) is 22.6 Å². The number of hydrogen-bond acceptors (Lipinski definition) is 3. The first kappa shape index (κ1) is 22.6. The normalized spacial score (nSPS) is 10.7. The van der Waals surface area contributed by atoms with Gasteiger partial charge in [-0.15, -0.1) is 0 Å². The van der Waals surface area contributed by atoms with E-state index in [9.17, 15) is 5.11 Å². The molecule has 3 nitrogen and oxygen atoms in total. The highest BCUT2D eigenvalue weighted by Gasteiger charge is 2.20. The molecule has 0 heterocycles. The van der Waals surface area contributed by atoms with Gasteiger partial charge in [0.15, 0.2) is 0 Å². The van der Waals surface area contributed by atoms with Gasteiger partial charge in [0.25, 0.3) is 0 Å². The summed E-state index contributed by atoms with van der Waals surface area (Å²) in [5.41, 5.74) is 6.53. The fraction of sp³-hybridized carbons (Fsp3) is 0.200. The molecular formula is C30H30O3. The molecule has 0 fully saturated rings. The predicted molar refractivity (Wildman–Crippen MR) is 134 cm³/mol. The molecule has 0 spiro atoms. The van der Waals surface area contributed by atoms with Crippen LogP contribution in [0.25, 0.3) is 11.1 Å². The van der Waals surface area contributed by atoms with E-state index in [1.807, 2.05) is 60.7 Å². The van der Waals surface area contributed by atoms with Crippen molar-refractivity contribution in [1.29, 1.82) is 0 Å². The lowest BCUT2D eigenvalue weighted by Gasteiger charge is -2.22. The van der Waals surface area contributed by atoms with Crippen molar-refractivity contribution in [3.63, 3.8) is 0 Å². The standard InChI is InChI=1S/C30H30O3/c1-2-26-27(18-19-31)30(25-16-10-5-11-17-25)29(33-22-24-14-8-4-9-15-24)20-28(26)32-21-23-12-6-3-7-13-23/h3-17,20,31H,2,18-19,21-22H2,1H3. The largest absolute Gasteiger partial charge is 0.488 e. The molecule has 0 saturated heterocycles. The molecule has 0 aromatic heterocycles. The van der Waals surface area contributed by atoms with Crippen molar-refractivity contribution < 1.29 is 14.6 Å². The molecular weight excluding hydrogens is 408 g/mol. The van der Waals surface area contributed by atoms with Crippen LogP contribution in [0.3, 0.4) is 0 Å². The van der Waals surface area contributed by atoms with Crippen molar-refractivity contribution in [3.05, 3.63) is 119 Å². The highest BCUT2D eigenvalue weighted by Crippen LogP contribution is 2.41. The summed E-state index contributed by atoms with van der Waals surface area (Å²) in [5.74, 6) is 1.58. The summed E-state index contributed by atoms with van der Waals surface area (Å²) in [7, 11) is 0. The number of aliphatic hydroxyl groups excluding tert-OH is 1. The monoisotopic (exact) mass is 438 g/mol. The topological polar surface area (TPSA) is 38.7 Å². The summed E-state index contributed by atoms with van der Waals surface area (Å²) < 4.78 is 12.7. The molecule has 3 heteroatoms. The van der Waals surface area contributed by atoms with Crippen LogP contribution < -0.4 is 9.47 Å². The van der Waals surface area contributed by atoms with Gasteiger partial charge in [-0.2, -0.15) is 0 Å². The van der Waals surface area contributed by atoms with E-state index in [0.717, 1.165) is 51.3 Å². The van der Waals surface area contributed by atoms with Crippen LogP contribution in [0.4, 0.5) is 0 Å². The third-order valence-electron chi connectivity index (χ3n) is 5.72. The van der Waals surface area contributed by atoms with Crippen LogP contribution in [0.15, 0.2) is 97.1 Å². The Hall–Kier alpha value is -3.56. The number of ether oxygens (including phenoxy) is 2. The van der Waals surface area contributed by atoms with E-state index in [4.69, 9.17) is 9.47 Å². The molecule has 4 aromatic carbocycles. The maximum Gasteiger partial charge on any atom is 0.131 e. The fourth-order valence-electron chi connectivity index (χ4n) is 4.14. The van der Waals surface area contributed by atoms with Gasteiger partial charge in [0.2, 0.25) is 0 Å². The summed E-state index contributed by atoms with van der Waals surface area (Å²) in [6, 6.07) is 32.6. The van der Waals surface area contributed by atoms with Crippen LogP contribution in [-0.4, -0.2) is 11.7 Å². The van der Waals surface area contributed by atoms with Gasteiger partial charge in [0.05, 0.1) is 0 Å². The Morgan fingerprint density at radius 3 is 1.67 bits per heavy atom. The quantitative estimate of drug-likeness (QED) is 0.303. The molecule has 33 heavy (non-hydrogen) atoms. The van der Waals surface area contributed by atoms with E-state index in [1.54, 1.807) is 0 Å². The smallest absolute Gasteiger partial charge is 0.131 e. The van der Waals surface area contributed by atoms with E-state index in [0.29, 0.717) is 19.6 Å². The van der Waals surface area contributed by atoms with Gasteiger partial charge in [-0.1, -0.05) is 97.9 Å². The maximum absolute atomic E-state index is 9.93. The predicted octanol–water partition coefficient (Wildman–Crippen LogP) is 6.61. The Kier molecular flexibility index (Phi) is 7.78. The minimum atomic E-state index is 0.0626. The van der Waals surface area contributed by atoms with Gasteiger partial charge < -0.3 is 14.6 Å². The number of benzene rings is 4. The lowest BCUT2D eigenvalue weighted by molar-refractivity contribution is 0.284. The van der Waals surface area contributed by atoms with Gasteiger partial charge in [0.1, 0.15) is 24.7 Å². The van der Waals surface area contributed by atoms with E-state index in [1.165, 1.54) is 0 Å². The third kappa shape index (κ3) is 5.63. The Labute approximate surface area is 196 Å². The molecule has 0 aliphatic carbocycles. The zero-order valence-corrected chi connectivity index (χ0v) is 19.0. The molecule has 0 aliphatic heterocycles. The summed E-state index contributed by atoms with van der Waals surface area (Å²) in [5, 5.41) is 9.93. The highest BCUT2D eigenvalue weighted by atomic mass is 16.5. The summed E-state index contributed by atoms with van der Waals surface area (Å²) in [6.07, 6.45) is 1.34. The van der Waals surface area contributed by atoms with Crippen LogP contribution in [0.5, 0.6) is 11.5 Å². The van der Waals surface area contributed by atoms with Gasteiger partial charge in [0, 0.05) is 18.2 Å². The number of hydrogen-bond donors (Lipinski definition) is 1. The zero-order valence-electron chi connectivity index (χ0n) is 19.0. The van der Waals surface area contributed by atoms with Gasteiger partial charge >= 0.3 is 0 Å². The molecule has 168 valence electrons. The third-order valence-corrected chi connectivity index (χ3v) is 5.72. The Bertz CT molecular complexity index is 1140. The molecule has 1 N–H and O–H groups in total. The lowest BCUT2D eigenvalue weighted by atomic mass is 9.90. The van der Waals surface area contributed by atoms with E-state index < -0.39 is 0 Å². The maximum atomic E-state index is 9.93. The fourth-order valence-corrected chi connectivity index (χ4v) is 4.14. The molecule has 0 aliphatic rings. The Balaban J connectivity index is 1.78. The Morgan fingerprint density at radius 1 is 0.636 bits per heavy atom. The van der Waals surface area contributed by atoms with Crippen LogP contribution in [-0.2, 0) is 26.1 Å². The first-order chi connectivity index (χ1) is 16.3. The average Bonchev–Trinajstić information content (AvgIpc) is 2.88. The summed E-state index contributed by atoms with van der Waals surface area (Å²) in [4.78, 5) is 0. The van der Waals surface area contributed by atoms with Crippen molar-refractivity contribution >= 4 is 0 Å². The second kappa shape index (κ2) is 11.3. The van der Waals surface area contributed by atoms with E-state index in [2.05, 4.69) is 43.3 Å². The minimum absolute atomic E-state index is 0.0626. The van der Waals surface area contributed by atoms with Crippen LogP contribution >= 0.6 is 0 Å². The number of rotatable bonds is 10. The molecule has 4 rings (SSSR count). The first-order valence-electron chi connectivity index (χ1n) is 11.5. The van der Waals surface area contributed by atoms with E-state index in [-0.39, 0.29) is 6.61 Å². The van der Waals surface area contributed by atoms with Crippen molar-refractivity contribution in [2.75, 3.05) is 6.61 Å². The second-order valence-corrected chi connectivity index (χ2v) is 7.95. The van der Waals surface area contributed by atoms with E-state index >= 15 is 0 Å². The average molecular weight is 439 g/mol. The first-order valence-corrected chi connectivity index (χ1v) is 11.5. The van der Waals surface area contributed by atoms with Crippen LogP contribution in [0.1, 0.15) is 29.2 Å². The van der Waals surface area contributed by atoms with Gasteiger partial charge in [-0.3, -0.25) is 0 Å². The minimum Gasteiger partial charge on any atom is -0.488 e. The van der Waals surface area contributed by atoms with Crippen molar-refractivity contribution in [1.82, 2.24) is 0 Å². The molecule has 0 amide bonds. The van der Waals surface area contributed by atoms with Crippen LogP contribution in [0.2, 0.25) is 0 Å². The molecule has 0 bridgehead atoms. The summed E-state index contributed by atoms with van der Waals surface area (Å²) in [6.45, 7) is 3.13. The molecule has 4 aromatic rings. The number of aliphatic hydroxyl groups is 1. The molecule has 0 saturated carbocycles. The van der Waals surface area contributed by atoms with Crippen molar-refractivity contribution in [2.45, 2.75) is 33.0 Å². The SMILES string of the molecule is CCc1c(OCc2ccccc2)cc(OCc2ccccc2)c(-c2ccccc2)c1CCO. The van der Waals surface area contributed by atoms with Crippen molar-refractivity contribution in [2.24, 2.45) is 0 Å².